The minimum Gasteiger partial charge on any atom is -0.315 e. The number of piperazine rings is 1. The van der Waals surface area contributed by atoms with E-state index >= 15 is 0 Å². The molecular weight excluding hydrogens is 198 g/mol. The Hall–Kier alpha value is -0.120. The van der Waals surface area contributed by atoms with Gasteiger partial charge < -0.3 is 10.2 Å². The zero-order valence-corrected chi connectivity index (χ0v) is 10.7. The Morgan fingerprint density at radius 3 is 2.69 bits per heavy atom. The molecule has 0 radical (unpaired) electrons. The van der Waals surface area contributed by atoms with Gasteiger partial charge in [-0.25, -0.2) is 0 Å². The van der Waals surface area contributed by atoms with E-state index in [0.29, 0.717) is 0 Å². The highest BCUT2D eigenvalue weighted by Gasteiger charge is 2.23. The van der Waals surface area contributed by atoms with Gasteiger partial charge in [0.25, 0.3) is 0 Å². The van der Waals surface area contributed by atoms with Gasteiger partial charge in [0.05, 0.1) is 0 Å². The van der Waals surface area contributed by atoms with Crippen molar-refractivity contribution in [3.63, 3.8) is 0 Å². The molecule has 3 nitrogen and oxygen atoms in total. The molecule has 0 saturated carbocycles. The quantitative estimate of drug-likeness (QED) is 0.777. The van der Waals surface area contributed by atoms with Gasteiger partial charge in [0.15, 0.2) is 0 Å². The van der Waals surface area contributed by atoms with Crippen molar-refractivity contribution in [1.29, 1.82) is 0 Å². The van der Waals surface area contributed by atoms with E-state index in [-0.39, 0.29) is 0 Å². The number of nitrogens with one attached hydrogen (secondary N) is 1. The Bertz CT molecular complexity index is 180. The predicted molar refractivity (Wildman–Crippen MR) is 68.8 cm³/mol. The molecule has 0 spiro atoms. The molecule has 1 atom stereocenters. The molecule has 0 amide bonds. The Balaban J connectivity index is 1.74. The molecule has 94 valence electrons. The number of hydrogen-bond donors (Lipinski definition) is 1. The van der Waals surface area contributed by atoms with Crippen LogP contribution in [0.1, 0.15) is 32.6 Å². The van der Waals surface area contributed by atoms with Gasteiger partial charge in [-0.05, 0) is 32.4 Å². The molecule has 2 aliphatic rings. The fraction of sp³-hybridized carbons (Fsp3) is 1.00. The lowest BCUT2D eigenvalue weighted by Crippen LogP contribution is -2.52. The number of rotatable bonds is 3. The highest BCUT2D eigenvalue weighted by molar-refractivity contribution is 4.81. The van der Waals surface area contributed by atoms with Crippen LogP contribution >= 0.6 is 0 Å². The van der Waals surface area contributed by atoms with Crippen LogP contribution in [0.25, 0.3) is 0 Å². The Labute approximate surface area is 100 Å². The second-order valence-corrected chi connectivity index (χ2v) is 5.23. The molecule has 2 heterocycles. The minimum absolute atomic E-state index is 0.811. The summed E-state index contributed by atoms with van der Waals surface area (Å²) >= 11 is 0. The zero-order chi connectivity index (χ0) is 11.2. The lowest BCUT2D eigenvalue weighted by molar-refractivity contribution is 0.0934. The summed E-state index contributed by atoms with van der Waals surface area (Å²) < 4.78 is 0. The predicted octanol–water partition coefficient (Wildman–Crippen LogP) is 1.16. The molecule has 0 aliphatic carbocycles. The summed E-state index contributed by atoms with van der Waals surface area (Å²) in [4.78, 5) is 5.32. The highest BCUT2D eigenvalue weighted by atomic mass is 15.3. The molecule has 2 fully saturated rings. The molecule has 0 bridgehead atoms. The van der Waals surface area contributed by atoms with Crippen LogP contribution in [0, 0.1) is 0 Å². The first kappa shape index (κ1) is 12.3. The fourth-order valence-corrected chi connectivity index (χ4v) is 2.98. The van der Waals surface area contributed by atoms with E-state index < -0.39 is 0 Å². The first-order valence-corrected chi connectivity index (χ1v) is 7.07. The Kier molecular flexibility index (Phi) is 5.07. The van der Waals surface area contributed by atoms with Gasteiger partial charge >= 0.3 is 0 Å². The third-order valence-corrected chi connectivity index (χ3v) is 3.98. The SMILES string of the molecule is CCCN1CCN(C2CCCCNC2)CC1. The fourth-order valence-electron chi connectivity index (χ4n) is 2.98. The summed E-state index contributed by atoms with van der Waals surface area (Å²) in [5.74, 6) is 0. The molecule has 1 N–H and O–H groups in total. The van der Waals surface area contributed by atoms with Crippen LogP contribution in [-0.4, -0.2) is 61.7 Å². The van der Waals surface area contributed by atoms with Gasteiger partial charge in [0.2, 0.25) is 0 Å². The van der Waals surface area contributed by atoms with Crippen LogP contribution in [-0.2, 0) is 0 Å². The summed E-state index contributed by atoms with van der Waals surface area (Å²) in [6.45, 7) is 11.1. The van der Waals surface area contributed by atoms with Gasteiger partial charge in [0.1, 0.15) is 0 Å². The van der Waals surface area contributed by atoms with E-state index in [2.05, 4.69) is 22.0 Å². The standard InChI is InChI=1S/C13H27N3/c1-2-7-15-8-10-16(11-9-15)13-5-3-4-6-14-12-13/h13-14H,2-12H2,1H3. The van der Waals surface area contributed by atoms with Gasteiger partial charge in [-0.15, -0.1) is 0 Å². The van der Waals surface area contributed by atoms with Crippen LogP contribution in [0.3, 0.4) is 0 Å². The van der Waals surface area contributed by atoms with E-state index in [4.69, 9.17) is 0 Å². The smallest absolute Gasteiger partial charge is 0.0221 e. The molecule has 3 heteroatoms. The molecule has 16 heavy (non-hydrogen) atoms. The molecule has 0 aromatic heterocycles. The highest BCUT2D eigenvalue weighted by Crippen LogP contribution is 2.13. The van der Waals surface area contributed by atoms with Crippen molar-refractivity contribution in [2.45, 2.75) is 38.6 Å². The van der Waals surface area contributed by atoms with Crippen molar-refractivity contribution >= 4 is 0 Å². The summed E-state index contributed by atoms with van der Waals surface area (Å²) in [7, 11) is 0. The van der Waals surface area contributed by atoms with E-state index in [1.165, 1.54) is 71.5 Å². The maximum atomic E-state index is 3.58. The second kappa shape index (κ2) is 6.58. The first-order chi connectivity index (χ1) is 7.90. The Morgan fingerprint density at radius 2 is 1.94 bits per heavy atom. The van der Waals surface area contributed by atoms with E-state index in [1.807, 2.05) is 0 Å². The van der Waals surface area contributed by atoms with E-state index in [1.54, 1.807) is 0 Å². The summed E-state index contributed by atoms with van der Waals surface area (Å²) in [5.41, 5.74) is 0. The number of nitrogens with zero attached hydrogens (tertiary/aromatic N) is 2. The van der Waals surface area contributed by atoms with Crippen LogP contribution in [0.2, 0.25) is 0 Å². The topological polar surface area (TPSA) is 18.5 Å². The molecule has 2 saturated heterocycles. The number of hydrogen-bond acceptors (Lipinski definition) is 3. The van der Waals surface area contributed by atoms with Crippen molar-refractivity contribution in [2.24, 2.45) is 0 Å². The van der Waals surface area contributed by atoms with Crippen LogP contribution in [0.5, 0.6) is 0 Å². The molecule has 2 aliphatic heterocycles. The monoisotopic (exact) mass is 225 g/mol. The van der Waals surface area contributed by atoms with Crippen molar-refractivity contribution < 1.29 is 0 Å². The first-order valence-electron chi connectivity index (χ1n) is 7.07. The molecule has 0 aromatic carbocycles. The lowest BCUT2D eigenvalue weighted by Gasteiger charge is -2.39. The van der Waals surface area contributed by atoms with Crippen LogP contribution in [0.4, 0.5) is 0 Å². The van der Waals surface area contributed by atoms with Crippen molar-refractivity contribution in [3.8, 4) is 0 Å². The second-order valence-electron chi connectivity index (χ2n) is 5.23. The maximum Gasteiger partial charge on any atom is 0.0221 e. The van der Waals surface area contributed by atoms with Gasteiger partial charge in [-0.3, -0.25) is 4.90 Å². The lowest BCUT2D eigenvalue weighted by atomic mass is 10.1. The average molecular weight is 225 g/mol. The third-order valence-electron chi connectivity index (χ3n) is 3.98. The largest absolute Gasteiger partial charge is 0.315 e. The van der Waals surface area contributed by atoms with Crippen molar-refractivity contribution in [3.05, 3.63) is 0 Å². The normalized spacial score (nSPS) is 30.2. The summed E-state index contributed by atoms with van der Waals surface area (Å²) in [5, 5.41) is 3.58. The summed E-state index contributed by atoms with van der Waals surface area (Å²) in [6.07, 6.45) is 5.48. The zero-order valence-electron chi connectivity index (χ0n) is 10.7. The van der Waals surface area contributed by atoms with E-state index in [9.17, 15) is 0 Å². The van der Waals surface area contributed by atoms with Gasteiger partial charge in [-0.1, -0.05) is 13.3 Å². The van der Waals surface area contributed by atoms with Crippen molar-refractivity contribution in [2.75, 3.05) is 45.8 Å². The third kappa shape index (κ3) is 3.44. The Morgan fingerprint density at radius 1 is 1.12 bits per heavy atom. The van der Waals surface area contributed by atoms with Gasteiger partial charge in [0, 0.05) is 38.8 Å². The van der Waals surface area contributed by atoms with E-state index in [0.717, 1.165) is 6.04 Å². The van der Waals surface area contributed by atoms with Crippen LogP contribution < -0.4 is 5.32 Å². The maximum absolute atomic E-state index is 3.58. The molecule has 1 unspecified atom stereocenters. The van der Waals surface area contributed by atoms with Crippen molar-refractivity contribution in [1.82, 2.24) is 15.1 Å². The minimum atomic E-state index is 0.811. The molecule has 0 aromatic rings. The summed E-state index contributed by atoms with van der Waals surface area (Å²) in [6, 6.07) is 0.811. The van der Waals surface area contributed by atoms with Crippen LogP contribution in [0.15, 0.2) is 0 Å². The molecular formula is C13H27N3. The average Bonchev–Trinajstić information content (AvgIpc) is 2.59. The van der Waals surface area contributed by atoms with Gasteiger partial charge in [-0.2, -0.15) is 0 Å². The molecule has 2 rings (SSSR count).